The fraction of sp³-hybridized carbons (Fsp3) is 0.471. The van der Waals surface area contributed by atoms with Crippen molar-refractivity contribution in [1.82, 2.24) is 28.5 Å². The highest BCUT2D eigenvalue weighted by Gasteiger charge is 2.24. The van der Waals surface area contributed by atoms with Gasteiger partial charge in [-0.25, -0.2) is 14.0 Å². The van der Waals surface area contributed by atoms with Crippen LogP contribution in [-0.4, -0.2) is 41.5 Å². The number of methoxy groups -OCH3 is 1. The zero-order chi connectivity index (χ0) is 20.0. The number of fused-ring (bicyclic) bond motifs is 1. The second-order valence-electron chi connectivity index (χ2n) is 6.70. The van der Waals surface area contributed by atoms with Crippen LogP contribution in [0.3, 0.4) is 0 Å². The Balaban J connectivity index is 2.44. The van der Waals surface area contributed by atoms with Crippen molar-refractivity contribution in [3.8, 4) is 5.95 Å². The van der Waals surface area contributed by atoms with Gasteiger partial charge in [0.2, 0.25) is 5.95 Å². The molecule has 3 aromatic rings. The maximum absolute atomic E-state index is 13.1. The second kappa shape index (κ2) is 6.53. The average Bonchev–Trinajstić information content (AvgIpc) is 3.16. The number of carbonyl (C=O) groups excluding carboxylic acids is 1. The maximum atomic E-state index is 13.1. The third-order valence-electron chi connectivity index (χ3n) is 4.39. The third kappa shape index (κ3) is 2.86. The van der Waals surface area contributed by atoms with Crippen LogP contribution in [0.15, 0.2) is 15.7 Å². The molecule has 0 radical (unpaired) electrons. The minimum absolute atomic E-state index is 0.134. The lowest BCUT2D eigenvalue weighted by Crippen LogP contribution is -2.41. The van der Waals surface area contributed by atoms with E-state index in [4.69, 9.17) is 0 Å². The van der Waals surface area contributed by atoms with Crippen LogP contribution >= 0.6 is 0 Å². The van der Waals surface area contributed by atoms with E-state index in [0.29, 0.717) is 5.95 Å². The maximum Gasteiger partial charge on any atom is 0.333 e. The number of carbonyl (C=O) groups is 1. The molecule has 3 aromatic heterocycles. The first-order valence-corrected chi connectivity index (χ1v) is 8.49. The summed E-state index contributed by atoms with van der Waals surface area (Å²) in [6, 6.07) is 1.77. The molecule has 0 saturated heterocycles. The fourth-order valence-corrected chi connectivity index (χ4v) is 3.13. The van der Waals surface area contributed by atoms with Crippen molar-refractivity contribution < 1.29 is 9.53 Å². The molecule has 0 spiro atoms. The molecule has 0 aliphatic carbocycles. The number of rotatable bonds is 4. The van der Waals surface area contributed by atoms with E-state index in [0.717, 1.165) is 16.0 Å². The summed E-state index contributed by atoms with van der Waals surface area (Å²) in [5, 5.41) is 4.45. The minimum Gasteiger partial charge on any atom is -0.468 e. The van der Waals surface area contributed by atoms with Gasteiger partial charge in [0.05, 0.1) is 12.8 Å². The molecule has 144 valence electrons. The Morgan fingerprint density at radius 3 is 2.44 bits per heavy atom. The zero-order valence-corrected chi connectivity index (χ0v) is 16.2. The zero-order valence-electron chi connectivity index (χ0n) is 16.2. The first-order valence-electron chi connectivity index (χ1n) is 8.49. The summed E-state index contributed by atoms with van der Waals surface area (Å²) in [5.41, 5.74) is 0.913. The molecule has 0 bridgehead atoms. The molecular formula is C17H22N6O4. The van der Waals surface area contributed by atoms with Gasteiger partial charge in [-0.1, -0.05) is 0 Å². The molecule has 3 rings (SSSR count). The Morgan fingerprint density at radius 2 is 1.93 bits per heavy atom. The smallest absolute Gasteiger partial charge is 0.333 e. The van der Waals surface area contributed by atoms with Crippen molar-refractivity contribution in [2.24, 2.45) is 7.05 Å². The fourth-order valence-electron chi connectivity index (χ4n) is 3.13. The third-order valence-corrected chi connectivity index (χ3v) is 4.39. The van der Waals surface area contributed by atoms with Gasteiger partial charge in [0.1, 0.15) is 6.54 Å². The highest BCUT2D eigenvalue weighted by molar-refractivity contribution is 5.74. The van der Waals surface area contributed by atoms with E-state index in [1.807, 2.05) is 33.8 Å². The molecule has 0 amide bonds. The lowest BCUT2D eigenvalue weighted by molar-refractivity contribution is -0.141. The van der Waals surface area contributed by atoms with Gasteiger partial charge in [0.25, 0.3) is 5.56 Å². The van der Waals surface area contributed by atoms with Crippen LogP contribution in [0.1, 0.15) is 31.3 Å². The van der Waals surface area contributed by atoms with Gasteiger partial charge in [-0.3, -0.25) is 18.7 Å². The predicted molar refractivity (Wildman–Crippen MR) is 98.2 cm³/mol. The summed E-state index contributed by atoms with van der Waals surface area (Å²) in [6.45, 7) is 7.11. The van der Waals surface area contributed by atoms with Gasteiger partial charge < -0.3 is 4.74 Å². The van der Waals surface area contributed by atoms with Crippen molar-refractivity contribution in [1.29, 1.82) is 0 Å². The Kier molecular flexibility index (Phi) is 4.50. The first-order chi connectivity index (χ1) is 12.7. The SMILES string of the molecule is COC(=O)Cn1c(=O)c2c(nc(-n3nc(C)cc3C)n2C(C)C)n(C)c1=O. The van der Waals surface area contributed by atoms with Gasteiger partial charge in [-0.05, 0) is 33.8 Å². The summed E-state index contributed by atoms with van der Waals surface area (Å²) in [4.78, 5) is 41.9. The topological polar surface area (TPSA) is 106 Å². The summed E-state index contributed by atoms with van der Waals surface area (Å²) in [7, 11) is 2.72. The quantitative estimate of drug-likeness (QED) is 0.614. The Bertz CT molecular complexity index is 1160. The number of hydrogen-bond acceptors (Lipinski definition) is 6. The van der Waals surface area contributed by atoms with Crippen molar-refractivity contribution in [3.63, 3.8) is 0 Å². The molecule has 3 heterocycles. The van der Waals surface area contributed by atoms with Crippen LogP contribution in [0.4, 0.5) is 0 Å². The van der Waals surface area contributed by atoms with Crippen molar-refractivity contribution in [3.05, 3.63) is 38.3 Å². The van der Waals surface area contributed by atoms with Gasteiger partial charge in [0.15, 0.2) is 11.2 Å². The molecular weight excluding hydrogens is 352 g/mol. The van der Waals surface area contributed by atoms with Crippen LogP contribution in [0.25, 0.3) is 17.1 Å². The van der Waals surface area contributed by atoms with E-state index < -0.39 is 23.8 Å². The number of aryl methyl sites for hydroxylation is 3. The standard InChI is InChI=1S/C17H22N6O4/c1-9(2)22-13-14(18-16(22)23-11(4)7-10(3)19-23)20(5)17(26)21(15(13)25)8-12(24)27-6/h7,9H,8H2,1-6H3. The highest BCUT2D eigenvalue weighted by Crippen LogP contribution is 2.21. The molecule has 0 atom stereocenters. The van der Waals surface area contributed by atoms with E-state index >= 15 is 0 Å². The molecule has 10 nitrogen and oxygen atoms in total. The van der Waals surface area contributed by atoms with E-state index in [-0.39, 0.29) is 17.2 Å². The van der Waals surface area contributed by atoms with E-state index in [2.05, 4.69) is 14.8 Å². The van der Waals surface area contributed by atoms with E-state index in [9.17, 15) is 14.4 Å². The lowest BCUT2D eigenvalue weighted by Gasteiger charge is -2.14. The van der Waals surface area contributed by atoms with Gasteiger partial charge in [-0.15, -0.1) is 0 Å². The molecule has 0 unspecified atom stereocenters. The number of imidazole rings is 1. The molecule has 0 N–H and O–H groups in total. The van der Waals surface area contributed by atoms with Crippen LogP contribution < -0.4 is 11.2 Å². The van der Waals surface area contributed by atoms with Gasteiger partial charge in [0, 0.05) is 18.8 Å². The molecule has 0 aliphatic heterocycles. The Hall–Kier alpha value is -3.17. The molecule has 0 aliphatic rings. The van der Waals surface area contributed by atoms with Crippen LogP contribution in [0.5, 0.6) is 0 Å². The number of nitrogens with zero attached hydrogens (tertiary/aromatic N) is 6. The van der Waals surface area contributed by atoms with Gasteiger partial charge >= 0.3 is 11.7 Å². The van der Waals surface area contributed by atoms with Crippen LogP contribution in [-0.2, 0) is 23.1 Å². The minimum atomic E-state index is -0.678. The molecule has 10 heteroatoms. The Morgan fingerprint density at radius 1 is 1.26 bits per heavy atom. The molecule has 27 heavy (non-hydrogen) atoms. The summed E-state index contributed by atoms with van der Waals surface area (Å²) in [5.74, 6) is -0.239. The lowest BCUT2D eigenvalue weighted by atomic mass is 10.3. The predicted octanol–water partition coefficient (Wildman–Crippen LogP) is 0.453. The monoisotopic (exact) mass is 374 g/mol. The van der Waals surface area contributed by atoms with Crippen molar-refractivity contribution in [2.75, 3.05) is 7.11 Å². The van der Waals surface area contributed by atoms with Crippen molar-refractivity contribution in [2.45, 2.75) is 40.3 Å². The summed E-state index contributed by atoms with van der Waals surface area (Å²) in [6.07, 6.45) is 0. The summed E-state index contributed by atoms with van der Waals surface area (Å²) >= 11 is 0. The number of aromatic nitrogens is 6. The molecule has 0 fully saturated rings. The second-order valence-corrected chi connectivity index (χ2v) is 6.70. The van der Waals surface area contributed by atoms with E-state index in [1.54, 1.807) is 9.25 Å². The van der Waals surface area contributed by atoms with Crippen LogP contribution in [0, 0.1) is 13.8 Å². The molecule has 0 saturated carbocycles. The normalized spacial score (nSPS) is 11.5. The van der Waals surface area contributed by atoms with Crippen molar-refractivity contribution >= 4 is 17.1 Å². The van der Waals surface area contributed by atoms with Crippen LogP contribution in [0.2, 0.25) is 0 Å². The molecule has 0 aromatic carbocycles. The summed E-state index contributed by atoms with van der Waals surface area (Å²) < 4.78 is 10.1. The number of hydrogen-bond donors (Lipinski definition) is 0. The largest absolute Gasteiger partial charge is 0.468 e. The number of ether oxygens (including phenoxy) is 1. The average molecular weight is 374 g/mol. The Labute approximate surface area is 154 Å². The highest BCUT2D eigenvalue weighted by atomic mass is 16.5. The number of esters is 1. The first kappa shape index (κ1) is 18.6. The van der Waals surface area contributed by atoms with Gasteiger partial charge in [-0.2, -0.15) is 10.1 Å². The van der Waals surface area contributed by atoms with E-state index in [1.165, 1.54) is 18.7 Å².